The molecule has 1 fully saturated rings. The van der Waals surface area contributed by atoms with Gasteiger partial charge in [-0.3, -0.25) is 4.79 Å². The van der Waals surface area contributed by atoms with Gasteiger partial charge in [-0.05, 0) is 53.4 Å². The molecule has 1 amide bonds. The first-order valence-electron chi connectivity index (χ1n) is 8.16. The molecule has 24 heavy (non-hydrogen) atoms. The zero-order valence-electron chi connectivity index (χ0n) is 13.9. The molecule has 2 aromatic rings. The number of benzene rings is 2. The molecule has 3 rings (SSSR count). The van der Waals surface area contributed by atoms with Gasteiger partial charge in [0.15, 0.2) is 5.17 Å². The van der Waals surface area contributed by atoms with Gasteiger partial charge in [-0.25, -0.2) is 4.99 Å². The summed E-state index contributed by atoms with van der Waals surface area (Å²) in [5, 5.41) is 3.49. The zero-order chi connectivity index (χ0) is 16.9. The van der Waals surface area contributed by atoms with E-state index in [-0.39, 0.29) is 5.91 Å². The van der Waals surface area contributed by atoms with Crippen molar-refractivity contribution in [1.82, 2.24) is 5.32 Å². The van der Waals surface area contributed by atoms with E-state index < -0.39 is 0 Å². The summed E-state index contributed by atoms with van der Waals surface area (Å²) < 4.78 is 0. The third kappa shape index (κ3) is 3.77. The highest BCUT2D eigenvalue weighted by molar-refractivity contribution is 8.18. The van der Waals surface area contributed by atoms with Crippen molar-refractivity contribution in [3.05, 3.63) is 70.1 Å². The Balaban J connectivity index is 1.82. The molecule has 1 saturated heterocycles. The molecular formula is C20H20N2OS. The monoisotopic (exact) mass is 336 g/mol. The fourth-order valence-electron chi connectivity index (χ4n) is 2.51. The number of aliphatic imine (C=N–C) groups is 1. The van der Waals surface area contributed by atoms with E-state index in [2.05, 4.69) is 42.4 Å². The molecule has 0 saturated carbocycles. The molecule has 0 atom stereocenters. The lowest BCUT2D eigenvalue weighted by Gasteiger charge is -2.02. The SMILES string of the molecule is CCc1ccc(C=C2SC(=Nc3ccccc3CC)NC2=O)cc1. The molecule has 1 aliphatic rings. The molecule has 1 N–H and O–H groups in total. The highest BCUT2D eigenvalue weighted by Gasteiger charge is 2.23. The minimum atomic E-state index is -0.0905. The number of nitrogens with zero attached hydrogens (tertiary/aromatic N) is 1. The molecule has 4 heteroatoms. The van der Waals surface area contributed by atoms with Gasteiger partial charge in [-0.15, -0.1) is 0 Å². The molecule has 0 radical (unpaired) electrons. The number of amidine groups is 1. The molecular weight excluding hydrogens is 316 g/mol. The number of nitrogens with one attached hydrogen (secondary N) is 1. The maximum absolute atomic E-state index is 12.2. The van der Waals surface area contributed by atoms with Gasteiger partial charge in [-0.2, -0.15) is 0 Å². The number of aryl methyl sites for hydroxylation is 2. The van der Waals surface area contributed by atoms with Crippen LogP contribution in [0.2, 0.25) is 0 Å². The molecule has 122 valence electrons. The highest BCUT2D eigenvalue weighted by Crippen LogP contribution is 2.29. The van der Waals surface area contributed by atoms with E-state index in [0.717, 1.165) is 24.1 Å². The maximum atomic E-state index is 12.2. The minimum Gasteiger partial charge on any atom is -0.300 e. The lowest BCUT2D eigenvalue weighted by molar-refractivity contribution is -0.115. The van der Waals surface area contributed by atoms with Gasteiger partial charge >= 0.3 is 0 Å². The van der Waals surface area contributed by atoms with Crippen LogP contribution in [0, 0.1) is 0 Å². The summed E-state index contributed by atoms with van der Waals surface area (Å²) in [6, 6.07) is 16.3. The fraction of sp³-hybridized carbons (Fsp3) is 0.200. The summed E-state index contributed by atoms with van der Waals surface area (Å²) in [5.41, 5.74) is 4.41. The van der Waals surface area contributed by atoms with Crippen LogP contribution in [0.3, 0.4) is 0 Å². The molecule has 1 aliphatic heterocycles. The summed E-state index contributed by atoms with van der Waals surface area (Å²) in [6.45, 7) is 4.23. The van der Waals surface area contributed by atoms with Gasteiger partial charge in [0.2, 0.25) is 0 Å². The third-order valence-corrected chi connectivity index (χ3v) is 4.84. The summed E-state index contributed by atoms with van der Waals surface area (Å²) >= 11 is 1.39. The van der Waals surface area contributed by atoms with Crippen LogP contribution in [0.25, 0.3) is 6.08 Å². The fourth-order valence-corrected chi connectivity index (χ4v) is 3.34. The Hall–Kier alpha value is -2.33. The molecule has 3 nitrogen and oxygen atoms in total. The molecule has 0 bridgehead atoms. The number of amides is 1. The van der Waals surface area contributed by atoms with Crippen molar-refractivity contribution in [1.29, 1.82) is 0 Å². The summed E-state index contributed by atoms with van der Waals surface area (Å²) in [6.07, 6.45) is 3.84. The van der Waals surface area contributed by atoms with Crippen LogP contribution in [0.15, 0.2) is 58.4 Å². The van der Waals surface area contributed by atoms with Gasteiger partial charge in [0.25, 0.3) is 5.91 Å². The van der Waals surface area contributed by atoms with Gasteiger partial charge < -0.3 is 5.32 Å². The second kappa shape index (κ2) is 7.49. The van der Waals surface area contributed by atoms with Crippen LogP contribution in [-0.2, 0) is 17.6 Å². The average molecular weight is 336 g/mol. The first-order chi connectivity index (χ1) is 11.7. The Morgan fingerprint density at radius 2 is 1.79 bits per heavy atom. The van der Waals surface area contributed by atoms with Gasteiger partial charge in [-0.1, -0.05) is 56.3 Å². The van der Waals surface area contributed by atoms with Crippen molar-refractivity contribution < 1.29 is 4.79 Å². The van der Waals surface area contributed by atoms with Crippen molar-refractivity contribution in [2.45, 2.75) is 26.7 Å². The average Bonchev–Trinajstić information content (AvgIpc) is 2.95. The number of rotatable bonds is 4. The zero-order valence-corrected chi connectivity index (χ0v) is 14.7. The number of carbonyl (C=O) groups is 1. The molecule has 0 aromatic heterocycles. The molecule has 0 unspecified atom stereocenters. The van der Waals surface area contributed by atoms with Crippen LogP contribution >= 0.6 is 11.8 Å². The first-order valence-corrected chi connectivity index (χ1v) is 8.97. The molecule has 1 heterocycles. The van der Waals surface area contributed by atoms with E-state index in [1.165, 1.54) is 22.9 Å². The van der Waals surface area contributed by atoms with Crippen LogP contribution in [0.4, 0.5) is 5.69 Å². The van der Waals surface area contributed by atoms with E-state index in [1.807, 2.05) is 36.4 Å². The van der Waals surface area contributed by atoms with Crippen LogP contribution < -0.4 is 5.32 Å². The number of carbonyl (C=O) groups excluding carboxylic acids is 1. The Morgan fingerprint density at radius 3 is 2.50 bits per heavy atom. The third-order valence-electron chi connectivity index (χ3n) is 3.93. The number of thioether (sulfide) groups is 1. The van der Waals surface area contributed by atoms with Crippen LogP contribution in [-0.4, -0.2) is 11.1 Å². The predicted molar refractivity (Wildman–Crippen MR) is 102 cm³/mol. The van der Waals surface area contributed by atoms with Crippen molar-refractivity contribution in [2.75, 3.05) is 0 Å². The van der Waals surface area contributed by atoms with Crippen LogP contribution in [0.1, 0.15) is 30.5 Å². The summed E-state index contributed by atoms with van der Waals surface area (Å²) in [5.74, 6) is -0.0905. The lowest BCUT2D eigenvalue weighted by Crippen LogP contribution is -2.19. The van der Waals surface area contributed by atoms with Gasteiger partial charge in [0.1, 0.15) is 0 Å². The van der Waals surface area contributed by atoms with Crippen LogP contribution in [0.5, 0.6) is 0 Å². The quantitative estimate of drug-likeness (QED) is 0.822. The standard InChI is InChI=1S/C20H20N2OS/c1-3-14-9-11-15(12-10-14)13-18-19(23)22-20(24-18)21-17-8-6-5-7-16(17)4-2/h5-13H,3-4H2,1-2H3,(H,21,22,23). The van der Waals surface area contributed by atoms with E-state index >= 15 is 0 Å². The Bertz CT molecular complexity index is 807. The van der Waals surface area contributed by atoms with Crippen molar-refractivity contribution in [2.24, 2.45) is 4.99 Å². The van der Waals surface area contributed by atoms with E-state index in [1.54, 1.807) is 0 Å². The lowest BCUT2D eigenvalue weighted by atomic mass is 10.1. The van der Waals surface area contributed by atoms with Crippen molar-refractivity contribution >= 4 is 34.6 Å². The smallest absolute Gasteiger partial charge is 0.264 e. The van der Waals surface area contributed by atoms with E-state index in [4.69, 9.17) is 0 Å². The largest absolute Gasteiger partial charge is 0.300 e. The first kappa shape index (κ1) is 16.5. The maximum Gasteiger partial charge on any atom is 0.264 e. The Morgan fingerprint density at radius 1 is 1.04 bits per heavy atom. The summed E-state index contributed by atoms with van der Waals surface area (Å²) in [7, 11) is 0. The predicted octanol–water partition coefficient (Wildman–Crippen LogP) is 4.70. The second-order valence-corrected chi connectivity index (χ2v) is 6.59. The number of para-hydroxylation sites is 1. The minimum absolute atomic E-state index is 0.0905. The van der Waals surface area contributed by atoms with Crippen molar-refractivity contribution in [3.63, 3.8) is 0 Å². The van der Waals surface area contributed by atoms with Gasteiger partial charge in [0.05, 0.1) is 10.6 Å². The van der Waals surface area contributed by atoms with E-state index in [9.17, 15) is 4.79 Å². The number of hydrogen-bond donors (Lipinski definition) is 1. The second-order valence-electron chi connectivity index (χ2n) is 5.56. The molecule has 0 aliphatic carbocycles. The Kier molecular flexibility index (Phi) is 5.16. The number of hydrogen-bond acceptors (Lipinski definition) is 3. The molecule has 0 spiro atoms. The topological polar surface area (TPSA) is 41.5 Å². The van der Waals surface area contributed by atoms with Crippen molar-refractivity contribution in [3.8, 4) is 0 Å². The van der Waals surface area contributed by atoms with Gasteiger partial charge in [0, 0.05) is 0 Å². The highest BCUT2D eigenvalue weighted by atomic mass is 32.2. The normalized spacial score (nSPS) is 17.5. The van der Waals surface area contributed by atoms with E-state index in [0.29, 0.717) is 10.1 Å². The Labute approximate surface area is 146 Å². The summed E-state index contributed by atoms with van der Waals surface area (Å²) in [4.78, 5) is 17.5. The molecule has 2 aromatic carbocycles.